The fraction of sp³-hybridized carbons (Fsp3) is 0.294. The largest absolute Gasteiger partial charge is 0.484 e. The van der Waals surface area contributed by atoms with Gasteiger partial charge in [-0.2, -0.15) is 13.2 Å². The minimum atomic E-state index is -4.75. The van der Waals surface area contributed by atoms with E-state index in [-0.39, 0.29) is 40.4 Å². The summed E-state index contributed by atoms with van der Waals surface area (Å²) in [6.45, 7) is -0.323. The van der Waals surface area contributed by atoms with E-state index in [2.05, 4.69) is 10.3 Å². The number of aromatic nitrogens is 1. The third-order valence-electron chi connectivity index (χ3n) is 9.89. The molecule has 6 unspecified atom stereocenters. The molecule has 8 nitrogen and oxygen atoms in total. The smallest absolute Gasteiger partial charge is 0.418 e. The van der Waals surface area contributed by atoms with Gasteiger partial charge in [-0.15, -0.1) is 11.8 Å². The summed E-state index contributed by atoms with van der Waals surface area (Å²) in [5.41, 5.74) is -0.280. The van der Waals surface area contributed by atoms with Crippen LogP contribution in [0.15, 0.2) is 82.6 Å². The molecule has 3 aromatic carbocycles. The first-order valence-electron chi connectivity index (χ1n) is 15.2. The van der Waals surface area contributed by atoms with Crippen molar-refractivity contribution in [2.24, 2.45) is 29.6 Å². The number of hydrogen-bond donors (Lipinski definition) is 2. The van der Waals surface area contributed by atoms with Gasteiger partial charge >= 0.3 is 11.0 Å². The van der Waals surface area contributed by atoms with Crippen molar-refractivity contribution in [3.8, 4) is 5.75 Å². The minimum absolute atomic E-state index is 0.167. The second kappa shape index (κ2) is 11.3. The molecule has 3 amide bonds. The maximum absolute atomic E-state index is 14.0. The van der Waals surface area contributed by atoms with Crippen LogP contribution in [-0.4, -0.2) is 34.6 Å². The number of hydrogen-bond acceptors (Lipinski definition) is 7. The lowest BCUT2D eigenvalue weighted by molar-refractivity contribution is -0.137. The van der Waals surface area contributed by atoms with Crippen LogP contribution in [0.3, 0.4) is 0 Å². The fourth-order valence-corrected chi connectivity index (χ4v) is 11.1. The van der Waals surface area contributed by atoms with Gasteiger partial charge in [-0.3, -0.25) is 19.2 Å². The van der Waals surface area contributed by atoms with Gasteiger partial charge in [0.25, 0.3) is 5.91 Å². The van der Waals surface area contributed by atoms with E-state index in [1.807, 2.05) is 6.07 Å². The number of benzene rings is 3. The number of H-pyrrole nitrogens is 1. The first-order chi connectivity index (χ1) is 23.0. The van der Waals surface area contributed by atoms with Crippen molar-refractivity contribution in [1.29, 1.82) is 0 Å². The maximum Gasteiger partial charge on any atom is 0.418 e. The summed E-state index contributed by atoms with van der Waals surface area (Å²) >= 11 is 2.55. The molecule has 3 heterocycles. The van der Waals surface area contributed by atoms with E-state index in [9.17, 15) is 36.7 Å². The predicted molar refractivity (Wildman–Crippen MR) is 169 cm³/mol. The molecule has 2 bridgehead atoms. The van der Waals surface area contributed by atoms with Crippen LogP contribution in [0.1, 0.15) is 28.3 Å². The number of aromatic amines is 1. The van der Waals surface area contributed by atoms with Crippen LogP contribution in [0.25, 0.3) is 0 Å². The van der Waals surface area contributed by atoms with Crippen molar-refractivity contribution in [3.05, 3.63) is 104 Å². The molecule has 2 saturated carbocycles. The summed E-state index contributed by atoms with van der Waals surface area (Å²) in [5.74, 6) is -4.37. The van der Waals surface area contributed by atoms with Gasteiger partial charge < -0.3 is 15.0 Å². The van der Waals surface area contributed by atoms with Gasteiger partial charge in [0.1, 0.15) is 11.6 Å². The Morgan fingerprint density at radius 3 is 2.44 bits per heavy atom. The summed E-state index contributed by atoms with van der Waals surface area (Å²) < 4.78 is 60.9. The highest BCUT2D eigenvalue weighted by Crippen LogP contribution is 2.69. The first-order valence-corrected chi connectivity index (χ1v) is 16.9. The Morgan fingerprint density at radius 2 is 1.69 bits per heavy atom. The molecule has 0 spiro atoms. The molecular formula is C34H25F4N3O5S2. The van der Waals surface area contributed by atoms with Crippen molar-refractivity contribution in [2.75, 3.05) is 16.8 Å². The van der Waals surface area contributed by atoms with Crippen LogP contribution in [0, 0.1) is 35.4 Å². The van der Waals surface area contributed by atoms with Crippen LogP contribution in [0.5, 0.6) is 5.75 Å². The molecule has 4 aliphatic rings. The zero-order valence-corrected chi connectivity index (χ0v) is 26.3. The summed E-state index contributed by atoms with van der Waals surface area (Å²) in [4.78, 5) is 57.2. The van der Waals surface area contributed by atoms with E-state index in [0.717, 1.165) is 32.7 Å². The third kappa shape index (κ3) is 4.95. The molecule has 14 heteroatoms. The van der Waals surface area contributed by atoms with Crippen LogP contribution >= 0.6 is 23.1 Å². The summed E-state index contributed by atoms with van der Waals surface area (Å²) in [5, 5.41) is 3.16. The minimum Gasteiger partial charge on any atom is -0.484 e. The number of amides is 3. The van der Waals surface area contributed by atoms with Gasteiger partial charge in [0.05, 0.1) is 28.1 Å². The lowest BCUT2D eigenvalue weighted by Crippen LogP contribution is -2.42. The zero-order valence-electron chi connectivity index (χ0n) is 24.7. The molecule has 4 aromatic rings. The lowest BCUT2D eigenvalue weighted by Gasteiger charge is -2.43. The van der Waals surface area contributed by atoms with E-state index in [4.69, 9.17) is 4.74 Å². The monoisotopic (exact) mass is 695 g/mol. The summed E-state index contributed by atoms with van der Waals surface area (Å²) in [7, 11) is 0. The second-order valence-corrected chi connectivity index (χ2v) is 14.6. The third-order valence-corrected chi connectivity index (χ3v) is 12.5. The van der Waals surface area contributed by atoms with Gasteiger partial charge in [0.2, 0.25) is 11.8 Å². The van der Waals surface area contributed by atoms with Gasteiger partial charge in [-0.25, -0.2) is 9.29 Å². The normalized spacial score (nSPS) is 27.1. The number of ether oxygens (including phenoxy) is 1. The number of para-hydroxylation sites is 1. The fourth-order valence-electron chi connectivity index (χ4n) is 8.21. The Bertz CT molecular complexity index is 2030. The number of imide groups is 1. The Labute approximate surface area is 278 Å². The van der Waals surface area contributed by atoms with Crippen LogP contribution in [-0.2, 0) is 20.6 Å². The average molecular weight is 696 g/mol. The van der Waals surface area contributed by atoms with E-state index >= 15 is 0 Å². The first kappa shape index (κ1) is 30.9. The number of thioether (sulfide) groups is 1. The van der Waals surface area contributed by atoms with Crippen molar-refractivity contribution < 1.29 is 36.7 Å². The van der Waals surface area contributed by atoms with E-state index in [0.29, 0.717) is 22.9 Å². The Hall–Kier alpha value is -4.43. The van der Waals surface area contributed by atoms with Crippen LogP contribution in [0.2, 0.25) is 0 Å². The number of nitrogens with zero attached hydrogens (tertiary/aromatic N) is 1. The quantitative estimate of drug-likeness (QED) is 0.181. The molecule has 2 aliphatic heterocycles. The Kier molecular flexibility index (Phi) is 7.29. The zero-order chi connectivity index (χ0) is 33.5. The summed E-state index contributed by atoms with van der Waals surface area (Å²) in [6.07, 6.45) is -4.18. The standard InChI is InChI=1S/C34H25F4N3O5S2/c35-16-8-10-17(11-9-16)39-23(42)14-46-18-5-3-4-15(12-18)24-25-19-13-20(28(25)47-30-29(24)48-33(45)40-30)27-26(19)31(43)41(32(27)44)22-7-2-1-6-21(22)34(36,37)38/h1-12,19-20,24-28H,13-14H2,(H,39,42)(H,40,45)/t19?,20?,24-,25?,26?,27?,28?/m1/s1. The number of nitrogens with one attached hydrogen (secondary N) is 2. The number of carbonyl (C=O) groups excluding carboxylic acids is 3. The molecule has 8 rings (SSSR count). The van der Waals surface area contributed by atoms with Crippen molar-refractivity contribution >= 4 is 52.2 Å². The SMILES string of the molecule is O=C(COc1cccc([C@H]2c3sc(=O)[nH]c3SC3C4CC(C5C(=O)N(c6ccccc6C(F)(F)F)C(=O)C45)C32)c1)Nc1ccc(F)cc1. The number of thiazole rings is 1. The van der Waals surface area contributed by atoms with Gasteiger partial charge in [0.15, 0.2) is 6.61 Å². The number of fused-ring (bicyclic) bond motifs is 9. The Balaban J connectivity index is 1.10. The number of carbonyl (C=O) groups is 3. The van der Waals surface area contributed by atoms with Crippen molar-refractivity contribution in [2.45, 2.75) is 28.8 Å². The maximum atomic E-state index is 14.0. The average Bonchev–Trinajstić information content (AvgIpc) is 3.79. The molecule has 246 valence electrons. The van der Waals surface area contributed by atoms with Crippen LogP contribution < -0.4 is 19.8 Å². The molecular weight excluding hydrogens is 671 g/mol. The van der Waals surface area contributed by atoms with Crippen LogP contribution in [0.4, 0.5) is 28.9 Å². The second-order valence-electron chi connectivity index (χ2n) is 12.4. The van der Waals surface area contributed by atoms with E-state index in [1.165, 1.54) is 54.2 Å². The highest BCUT2D eigenvalue weighted by Gasteiger charge is 2.70. The molecule has 1 aromatic heterocycles. The highest BCUT2D eigenvalue weighted by atomic mass is 32.2. The Morgan fingerprint density at radius 1 is 0.958 bits per heavy atom. The van der Waals surface area contributed by atoms with Gasteiger partial charge in [-0.05, 0) is 78.3 Å². The molecule has 1 saturated heterocycles. The molecule has 3 fully saturated rings. The lowest BCUT2D eigenvalue weighted by atomic mass is 9.68. The molecule has 48 heavy (non-hydrogen) atoms. The van der Waals surface area contributed by atoms with E-state index in [1.54, 1.807) is 18.2 Å². The highest BCUT2D eigenvalue weighted by molar-refractivity contribution is 8.00. The van der Waals surface area contributed by atoms with Crippen molar-refractivity contribution in [3.63, 3.8) is 0 Å². The topological polar surface area (TPSA) is 109 Å². The molecule has 2 N–H and O–H groups in total. The number of anilines is 2. The number of rotatable bonds is 6. The van der Waals surface area contributed by atoms with Gasteiger partial charge in [-0.1, -0.05) is 35.6 Å². The van der Waals surface area contributed by atoms with Crippen molar-refractivity contribution in [1.82, 2.24) is 4.98 Å². The number of halogens is 4. The van der Waals surface area contributed by atoms with E-state index < -0.39 is 52.8 Å². The van der Waals surface area contributed by atoms with Gasteiger partial charge in [0, 0.05) is 21.7 Å². The summed E-state index contributed by atoms with van der Waals surface area (Å²) in [6, 6.07) is 17.1. The molecule has 0 radical (unpaired) electrons. The molecule has 7 atom stereocenters. The number of alkyl halides is 3. The molecule has 2 aliphatic carbocycles. The predicted octanol–water partition coefficient (Wildman–Crippen LogP) is 6.29.